The number of likely N-dealkylation sites (tertiary alicyclic amines) is 1. The van der Waals surface area contributed by atoms with Gasteiger partial charge >= 0.3 is 0 Å². The highest BCUT2D eigenvalue weighted by molar-refractivity contribution is 6.37. The Hall–Kier alpha value is -0.860. The minimum Gasteiger partial charge on any atom is -0.291 e. The van der Waals surface area contributed by atoms with Gasteiger partial charge in [0.15, 0.2) is 10.8 Å². The number of ketones is 1. The third kappa shape index (κ3) is 2.60. The van der Waals surface area contributed by atoms with Crippen LogP contribution in [0.2, 0.25) is 0 Å². The van der Waals surface area contributed by atoms with Crippen LogP contribution < -0.4 is 0 Å². The summed E-state index contributed by atoms with van der Waals surface area (Å²) < 4.78 is 0. The first kappa shape index (κ1) is 13.6. The highest BCUT2D eigenvalue weighted by atomic mass is 35.5. The summed E-state index contributed by atoms with van der Waals surface area (Å²) in [5.41, 5.74) is 0.716. The smallest absolute Gasteiger partial charge is 0.198 e. The molecule has 3 heteroatoms. The summed E-state index contributed by atoms with van der Waals surface area (Å²) in [5, 5.41) is 0. The molecule has 0 spiro atoms. The van der Waals surface area contributed by atoms with Crippen molar-refractivity contribution in [3.05, 3.63) is 35.9 Å². The van der Waals surface area contributed by atoms with E-state index < -0.39 is 5.00 Å². The molecule has 1 unspecified atom stereocenters. The second-order valence-corrected chi connectivity index (χ2v) is 5.52. The van der Waals surface area contributed by atoms with E-state index >= 15 is 0 Å². The molecule has 2 nitrogen and oxygen atoms in total. The highest BCUT2D eigenvalue weighted by Gasteiger charge is 2.42. The van der Waals surface area contributed by atoms with Crippen molar-refractivity contribution in [2.24, 2.45) is 0 Å². The summed E-state index contributed by atoms with van der Waals surface area (Å²) >= 11 is 6.71. The van der Waals surface area contributed by atoms with Gasteiger partial charge in [-0.3, -0.25) is 9.69 Å². The van der Waals surface area contributed by atoms with Gasteiger partial charge in [0.1, 0.15) is 0 Å². The minimum atomic E-state index is -0.841. The number of hydrogen-bond acceptors (Lipinski definition) is 2. The number of hydrogen-bond donors (Lipinski definition) is 0. The lowest BCUT2D eigenvalue weighted by atomic mass is 9.98. The summed E-state index contributed by atoms with van der Waals surface area (Å²) in [4.78, 5) is 14.0. The Morgan fingerprint density at radius 1 is 1.28 bits per heavy atom. The molecule has 0 aliphatic carbocycles. The van der Waals surface area contributed by atoms with Crippen LogP contribution in [-0.4, -0.2) is 28.8 Å². The van der Waals surface area contributed by atoms with Gasteiger partial charge in [-0.1, -0.05) is 55.3 Å². The van der Waals surface area contributed by atoms with Crippen molar-refractivity contribution in [3.63, 3.8) is 0 Å². The summed E-state index contributed by atoms with van der Waals surface area (Å²) in [6.45, 7) is 3.94. The second-order valence-electron chi connectivity index (χ2n) is 4.90. The Bertz CT molecular complexity index is 400. The molecule has 0 aromatic heterocycles. The molecule has 0 bridgehead atoms. The number of carbonyl (C=O) groups excluding carboxylic acids is 1. The van der Waals surface area contributed by atoms with E-state index in [1.165, 1.54) is 0 Å². The number of rotatable bonds is 5. The van der Waals surface area contributed by atoms with Crippen molar-refractivity contribution < 1.29 is 4.79 Å². The predicted octanol–water partition coefficient (Wildman–Crippen LogP) is 3.70. The van der Waals surface area contributed by atoms with Gasteiger partial charge in [0.25, 0.3) is 0 Å². The van der Waals surface area contributed by atoms with Gasteiger partial charge in [0.05, 0.1) is 0 Å². The fraction of sp³-hybridized carbons (Fsp3) is 0.533. The van der Waals surface area contributed by atoms with E-state index in [1.807, 2.05) is 30.3 Å². The highest BCUT2D eigenvalue weighted by Crippen LogP contribution is 2.33. The van der Waals surface area contributed by atoms with E-state index in [9.17, 15) is 4.79 Å². The molecule has 0 amide bonds. The molecule has 1 saturated heterocycles. The van der Waals surface area contributed by atoms with Crippen molar-refractivity contribution in [3.8, 4) is 0 Å². The summed E-state index contributed by atoms with van der Waals surface area (Å²) in [6, 6.07) is 9.40. The molecule has 0 N–H and O–H groups in total. The lowest BCUT2D eigenvalue weighted by Gasteiger charge is -2.35. The van der Waals surface area contributed by atoms with Gasteiger partial charge < -0.3 is 0 Å². The van der Waals surface area contributed by atoms with Crippen molar-refractivity contribution in [1.29, 1.82) is 0 Å². The molecule has 1 fully saturated rings. The topological polar surface area (TPSA) is 20.3 Å². The van der Waals surface area contributed by atoms with E-state index in [0.717, 1.165) is 32.4 Å². The predicted molar refractivity (Wildman–Crippen MR) is 75.1 cm³/mol. The standard InChI is InChI=1S/C15H20ClNO/c1-2-10-15(16,17-11-6-7-12-17)14(18)13-8-4-3-5-9-13/h3-5,8-9H,2,6-7,10-12H2,1H3. The fourth-order valence-corrected chi connectivity index (χ4v) is 3.10. The van der Waals surface area contributed by atoms with E-state index in [0.29, 0.717) is 12.0 Å². The first-order chi connectivity index (χ1) is 8.68. The average molecular weight is 266 g/mol. The fourth-order valence-electron chi connectivity index (χ4n) is 2.63. The van der Waals surface area contributed by atoms with Crippen LogP contribution in [0, 0.1) is 0 Å². The van der Waals surface area contributed by atoms with Gasteiger partial charge in [-0.05, 0) is 19.3 Å². The van der Waals surface area contributed by atoms with Crippen LogP contribution in [0.4, 0.5) is 0 Å². The molecule has 1 heterocycles. The van der Waals surface area contributed by atoms with Crippen LogP contribution in [0.1, 0.15) is 43.0 Å². The first-order valence-corrected chi connectivity index (χ1v) is 7.10. The van der Waals surface area contributed by atoms with Crippen LogP contribution >= 0.6 is 11.6 Å². The monoisotopic (exact) mass is 265 g/mol. The lowest BCUT2D eigenvalue weighted by Crippen LogP contribution is -2.48. The number of carbonyl (C=O) groups is 1. The molecular weight excluding hydrogens is 246 g/mol. The van der Waals surface area contributed by atoms with E-state index in [4.69, 9.17) is 11.6 Å². The molecule has 2 rings (SSSR count). The van der Waals surface area contributed by atoms with Gasteiger partial charge in [0.2, 0.25) is 0 Å². The maximum absolute atomic E-state index is 12.7. The van der Waals surface area contributed by atoms with Gasteiger partial charge in [0, 0.05) is 18.7 Å². The molecule has 1 aliphatic heterocycles. The second kappa shape index (κ2) is 5.85. The number of halogens is 1. The quantitative estimate of drug-likeness (QED) is 0.460. The Morgan fingerprint density at radius 3 is 2.44 bits per heavy atom. The zero-order valence-corrected chi connectivity index (χ0v) is 11.6. The van der Waals surface area contributed by atoms with Crippen LogP contribution in [0.15, 0.2) is 30.3 Å². The van der Waals surface area contributed by atoms with Crippen molar-refractivity contribution in [2.75, 3.05) is 13.1 Å². The van der Waals surface area contributed by atoms with Crippen LogP contribution in [0.25, 0.3) is 0 Å². The number of benzene rings is 1. The van der Waals surface area contributed by atoms with Crippen molar-refractivity contribution >= 4 is 17.4 Å². The Morgan fingerprint density at radius 2 is 1.89 bits per heavy atom. The summed E-state index contributed by atoms with van der Waals surface area (Å²) in [7, 11) is 0. The van der Waals surface area contributed by atoms with Crippen molar-refractivity contribution in [2.45, 2.75) is 37.6 Å². The number of Topliss-reactive ketones (excluding diaryl/α,β-unsaturated/α-hetero) is 1. The number of alkyl halides is 1. The molecular formula is C15H20ClNO. The molecule has 18 heavy (non-hydrogen) atoms. The summed E-state index contributed by atoms with van der Waals surface area (Å²) in [5.74, 6) is 0.0496. The number of nitrogens with zero attached hydrogens (tertiary/aromatic N) is 1. The molecule has 1 aromatic rings. The van der Waals surface area contributed by atoms with Crippen molar-refractivity contribution in [1.82, 2.24) is 4.90 Å². The van der Waals surface area contributed by atoms with Gasteiger partial charge in [-0.15, -0.1) is 0 Å². The molecule has 1 aliphatic rings. The van der Waals surface area contributed by atoms with Crippen LogP contribution in [0.3, 0.4) is 0 Å². The third-order valence-electron chi connectivity index (χ3n) is 3.57. The normalized spacial score (nSPS) is 19.7. The zero-order valence-electron chi connectivity index (χ0n) is 10.9. The maximum Gasteiger partial charge on any atom is 0.198 e. The minimum absolute atomic E-state index is 0.0496. The SMILES string of the molecule is CCCC(Cl)(C(=O)c1ccccc1)N1CCCC1. The largest absolute Gasteiger partial charge is 0.291 e. The third-order valence-corrected chi connectivity index (χ3v) is 4.17. The van der Waals surface area contributed by atoms with E-state index in [1.54, 1.807) is 0 Å². The maximum atomic E-state index is 12.7. The molecule has 1 atom stereocenters. The average Bonchev–Trinajstić information content (AvgIpc) is 2.93. The Labute approximate surface area is 114 Å². The Balaban J connectivity index is 2.26. The first-order valence-electron chi connectivity index (χ1n) is 6.72. The van der Waals surface area contributed by atoms with Gasteiger partial charge in [-0.2, -0.15) is 0 Å². The lowest BCUT2D eigenvalue weighted by molar-refractivity contribution is 0.0772. The molecule has 0 radical (unpaired) electrons. The molecule has 1 aromatic carbocycles. The summed E-state index contributed by atoms with van der Waals surface area (Å²) in [6.07, 6.45) is 3.90. The molecule has 98 valence electrons. The van der Waals surface area contributed by atoms with Crippen LogP contribution in [-0.2, 0) is 0 Å². The van der Waals surface area contributed by atoms with Crippen LogP contribution in [0.5, 0.6) is 0 Å². The van der Waals surface area contributed by atoms with E-state index in [-0.39, 0.29) is 5.78 Å². The van der Waals surface area contributed by atoms with Gasteiger partial charge in [-0.25, -0.2) is 0 Å². The molecule has 0 saturated carbocycles. The zero-order chi connectivity index (χ0) is 13.0. The Kier molecular flexibility index (Phi) is 4.41. The van der Waals surface area contributed by atoms with E-state index in [2.05, 4.69) is 11.8 Å².